The standard InChI is InChI=1S/C14H28N2O2/c1-10(2)8-11(3)18-7-6-14(17)16-13(9-15)12-4-5-12/h10-13H,4-9,15H2,1-3H3,(H,16,17). The van der Waals surface area contributed by atoms with Gasteiger partial charge in [0.1, 0.15) is 0 Å². The number of nitrogens with one attached hydrogen (secondary N) is 1. The van der Waals surface area contributed by atoms with Crippen LogP contribution in [0.4, 0.5) is 0 Å². The smallest absolute Gasteiger partial charge is 0.222 e. The Kier molecular flexibility index (Phi) is 6.65. The van der Waals surface area contributed by atoms with Crippen molar-refractivity contribution in [1.29, 1.82) is 0 Å². The molecular weight excluding hydrogens is 228 g/mol. The zero-order chi connectivity index (χ0) is 13.5. The van der Waals surface area contributed by atoms with E-state index in [1.54, 1.807) is 0 Å². The Labute approximate surface area is 111 Å². The molecule has 1 aliphatic carbocycles. The van der Waals surface area contributed by atoms with Crippen LogP contribution in [-0.4, -0.2) is 31.2 Å². The number of carbonyl (C=O) groups is 1. The first kappa shape index (κ1) is 15.4. The zero-order valence-electron chi connectivity index (χ0n) is 11.9. The Morgan fingerprint density at radius 1 is 1.39 bits per heavy atom. The molecule has 0 aromatic heterocycles. The number of rotatable bonds is 9. The van der Waals surface area contributed by atoms with Gasteiger partial charge in [0.2, 0.25) is 5.91 Å². The van der Waals surface area contributed by atoms with E-state index < -0.39 is 0 Å². The van der Waals surface area contributed by atoms with Crippen LogP contribution >= 0.6 is 0 Å². The molecule has 1 aliphatic rings. The third kappa shape index (κ3) is 6.36. The molecule has 2 unspecified atom stereocenters. The molecule has 1 fully saturated rings. The van der Waals surface area contributed by atoms with E-state index in [1.807, 2.05) is 0 Å². The van der Waals surface area contributed by atoms with Crippen LogP contribution in [0.3, 0.4) is 0 Å². The Morgan fingerprint density at radius 3 is 2.56 bits per heavy atom. The number of hydrogen-bond donors (Lipinski definition) is 2. The molecule has 3 N–H and O–H groups in total. The summed E-state index contributed by atoms with van der Waals surface area (Å²) in [5.74, 6) is 1.30. The highest BCUT2D eigenvalue weighted by Crippen LogP contribution is 2.32. The maximum Gasteiger partial charge on any atom is 0.222 e. The van der Waals surface area contributed by atoms with E-state index in [1.165, 1.54) is 12.8 Å². The highest BCUT2D eigenvalue weighted by molar-refractivity contribution is 5.76. The van der Waals surface area contributed by atoms with E-state index >= 15 is 0 Å². The number of ether oxygens (including phenoxy) is 1. The van der Waals surface area contributed by atoms with Crippen molar-refractivity contribution in [2.75, 3.05) is 13.2 Å². The topological polar surface area (TPSA) is 64.3 Å². The minimum atomic E-state index is 0.0640. The van der Waals surface area contributed by atoms with Gasteiger partial charge in [-0.2, -0.15) is 0 Å². The minimum Gasteiger partial charge on any atom is -0.378 e. The molecule has 4 nitrogen and oxygen atoms in total. The van der Waals surface area contributed by atoms with E-state index in [2.05, 4.69) is 26.1 Å². The third-order valence-electron chi connectivity index (χ3n) is 3.33. The molecule has 0 heterocycles. The van der Waals surface area contributed by atoms with Crippen molar-refractivity contribution in [3.05, 3.63) is 0 Å². The van der Waals surface area contributed by atoms with Gasteiger partial charge in [0.25, 0.3) is 0 Å². The van der Waals surface area contributed by atoms with Gasteiger partial charge in [-0.05, 0) is 38.0 Å². The largest absolute Gasteiger partial charge is 0.378 e. The summed E-state index contributed by atoms with van der Waals surface area (Å²) in [5.41, 5.74) is 5.65. The second-order valence-electron chi connectivity index (χ2n) is 5.81. The molecule has 1 amide bonds. The van der Waals surface area contributed by atoms with E-state index in [0.717, 1.165) is 6.42 Å². The van der Waals surface area contributed by atoms with E-state index in [0.29, 0.717) is 31.4 Å². The van der Waals surface area contributed by atoms with E-state index in [9.17, 15) is 4.79 Å². The van der Waals surface area contributed by atoms with Gasteiger partial charge < -0.3 is 15.8 Å². The summed E-state index contributed by atoms with van der Waals surface area (Å²) in [6.45, 7) is 7.45. The van der Waals surface area contributed by atoms with Crippen LogP contribution in [0.25, 0.3) is 0 Å². The van der Waals surface area contributed by atoms with Crippen LogP contribution in [0.2, 0.25) is 0 Å². The summed E-state index contributed by atoms with van der Waals surface area (Å²) in [5, 5.41) is 3.00. The molecule has 0 aromatic carbocycles. The molecule has 0 bridgehead atoms. The van der Waals surface area contributed by atoms with Crippen molar-refractivity contribution in [2.24, 2.45) is 17.6 Å². The molecule has 0 aromatic rings. The Morgan fingerprint density at radius 2 is 2.06 bits per heavy atom. The van der Waals surface area contributed by atoms with Crippen LogP contribution in [0.5, 0.6) is 0 Å². The number of amides is 1. The lowest BCUT2D eigenvalue weighted by molar-refractivity contribution is -0.123. The summed E-state index contributed by atoms with van der Waals surface area (Å²) in [7, 11) is 0. The fraction of sp³-hybridized carbons (Fsp3) is 0.929. The minimum absolute atomic E-state index is 0.0640. The fourth-order valence-corrected chi connectivity index (χ4v) is 2.23. The average Bonchev–Trinajstić information content (AvgIpc) is 3.08. The van der Waals surface area contributed by atoms with Gasteiger partial charge in [0.05, 0.1) is 12.7 Å². The lowest BCUT2D eigenvalue weighted by Crippen LogP contribution is -2.42. The lowest BCUT2D eigenvalue weighted by Gasteiger charge is -2.17. The Bertz CT molecular complexity index is 252. The van der Waals surface area contributed by atoms with E-state index in [4.69, 9.17) is 10.5 Å². The summed E-state index contributed by atoms with van der Waals surface area (Å²) >= 11 is 0. The van der Waals surface area contributed by atoms with Crippen molar-refractivity contribution in [1.82, 2.24) is 5.32 Å². The van der Waals surface area contributed by atoms with Crippen LogP contribution in [0, 0.1) is 11.8 Å². The maximum absolute atomic E-state index is 11.7. The first-order chi connectivity index (χ1) is 8.52. The lowest BCUT2D eigenvalue weighted by atomic mass is 10.1. The van der Waals surface area contributed by atoms with Crippen molar-refractivity contribution in [3.63, 3.8) is 0 Å². The summed E-state index contributed by atoms with van der Waals surface area (Å²) in [6.07, 6.45) is 4.10. The molecule has 0 radical (unpaired) electrons. The zero-order valence-corrected chi connectivity index (χ0v) is 11.9. The highest BCUT2D eigenvalue weighted by Gasteiger charge is 2.31. The first-order valence-corrected chi connectivity index (χ1v) is 7.14. The van der Waals surface area contributed by atoms with Gasteiger partial charge in [-0.3, -0.25) is 4.79 Å². The number of carbonyl (C=O) groups excluding carboxylic acids is 1. The maximum atomic E-state index is 11.7. The molecule has 1 saturated carbocycles. The quantitative estimate of drug-likeness (QED) is 0.659. The molecule has 0 aliphatic heterocycles. The fourth-order valence-electron chi connectivity index (χ4n) is 2.23. The van der Waals surface area contributed by atoms with Crippen LogP contribution < -0.4 is 11.1 Å². The van der Waals surface area contributed by atoms with Crippen LogP contribution in [0.15, 0.2) is 0 Å². The molecule has 106 valence electrons. The monoisotopic (exact) mass is 256 g/mol. The SMILES string of the molecule is CC(C)CC(C)OCCC(=O)NC(CN)C1CC1. The number of hydrogen-bond acceptors (Lipinski definition) is 3. The Balaban J connectivity index is 2.09. The van der Waals surface area contributed by atoms with Crippen LogP contribution in [-0.2, 0) is 9.53 Å². The molecule has 4 heteroatoms. The van der Waals surface area contributed by atoms with Crippen molar-refractivity contribution < 1.29 is 9.53 Å². The number of nitrogens with two attached hydrogens (primary N) is 1. The summed E-state index contributed by atoms with van der Waals surface area (Å²) in [4.78, 5) is 11.7. The normalized spacial score (nSPS) is 18.7. The summed E-state index contributed by atoms with van der Waals surface area (Å²) in [6, 6.07) is 0.172. The second-order valence-corrected chi connectivity index (χ2v) is 5.81. The van der Waals surface area contributed by atoms with Crippen LogP contribution in [0.1, 0.15) is 46.5 Å². The Hall–Kier alpha value is -0.610. The average molecular weight is 256 g/mol. The molecule has 1 rings (SSSR count). The molecule has 0 saturated heterocycles. The van der Waals surface area contributed by atoms with Gasteiger partial charge in [-0.1, -0.05) is 13.8 Å². The van der Waals surface area contributed by atoms with Gasteiger partial charge in [0, 0.05) is 19.0 Å². The van der Waals surface area contributed by atoms with Gasteiger partial charge in [-0.15, -0.1) is 0 Å². The van der Waals surface area contributed by atoms with Gasteiger partial charge >= 0.3 is 0 Å². The molecule has 2 atom stereocenters. The van der Waals surface area contributed by atoms with Crippen molar-refractivity contribution in [3.8, 4) is 0 Å². The molecular formula is C14H28N2O2. The highest BCUT2D eigenvalue weighted by atomic mass is 16.5. The van der Waals surface area contributed by atoms with E-state index in [-0.39, 0.29) is 18.1 Å². The predicted octanol–water partition coefficient (Wildman–Crippen LogP) is 1.68. The van der Waals surface area contributed by atoms with Gasteiger partial charge in [-0.25, -0.2) is 0 Å². The van der Waals surface area contributed by atoms with Crippen molar-refractivity contribution in [2.45, 2.75) is 58.6 Å². The first-order valence-electron chi connectivity index (χ1n) is 7.14. The second kappa shape index (κ2) is 7.74. The predicted molar refractivity (Wildman–Crippen MR) is 73.2 cm³/mol. The third-order valence-corrected chi connectivity index (χ3v) is 3.33. The molecule has 18 heavy (non-hydrogen) atoms. The summed E-state index contributed by atoms with van der Waals surface area (Å²) < 4.78 is 5.62. The van der Waals surface area contributed by atoms with Gasteiger partial charge in [0.15, 0.2) is 0 Å². The van der Waals surface area contributed by atoms with Crippen molar-refractivity contribution >= 4 is 5.91 Å². The molecule has 0 spiro atoms.